The summed E-state index contributed by atoms with van der Waals surface area (Å²) >= 11 is 0. The van der Waals surface area contributed by atoms with Gasteiger partial charge in [-0.05, 0) is 43.9 Å². The van der Waals surface area contributed by atoms with Gasteiger partial charge in [0.15, 0.2) is 5.78 Å². The van der Waals surface area contributed by atoms with Crippen molar-refractivity contribution in [3.05, 3.63) is 69.3 Å². The SMILES string of the molecule is COC(=O)c1ccccc1C(=O)c1ccc(NC2CCC(O)CC2)c([N+](=O)[O-])c1. The van der Waals surface area contributed by atoms with Gasteiger partial charge in [-0.3, -0.25) is 14.9 Å². The average Bonchev–Trinajstić information content (AvgIpc) is 2.74. The van der Waals surface area contributed by atoms with Crippen LogP contribution in [-0.4, -0.2) is 41.0 Å². The van der Waals surface area contributed by atoms with Crippen LogP contribution in [0.3, 0.4) is 0 Å². The number of rotatable bonds is 6. The molecule has 1 aliphatic rings. The summed E-state index contributed by atoms with van der Waals surface area (Å²) in [5.41, 5.74) is 0.450. The molecule has 0 unspecified atom stereocenters. The Morgan fingerprint density at radius 3 is 2.38 bits per heavy atom. The zero-order valence-corrected chi connectivity index (χ0v) is 16.0. The van der Waals surface area contributed by atoms with Crippen molar-refractivity contribution in [1.82, 2.24) is 0 Å². The Bertz CT molecular complexity index is 935. The number of anilines is 1. The number of methoxy groups -OCH3 is 1. The molecule has 3 rings (SSSR count). The normalized spacial score (nSPS) is 18.7. The van der Waals surface area contributed by atoms with Crippen molar-refractivity contribution < 1.29 is 24.4 Å². The predicted octanol–water partition coefficient (Wildman–Crippen LogP) is 3.33. The summed E-state index contributed by atoms with van der Waals surface area (Å²) in [6, 6.07) is 10.4. The number of aliphatic hydroxyl groups is 1. The summed E-state index contributed by atoms with van der Waals surface area (Å²) in [6.45, 7) is 0. The van der Waals surface area contributed by atoms with Crippen LogP contribution in [0.25, 0.3) is 0 Å². The van der Waals surface area contributed by atoms with Crippen LogP contribution in [0.2, 0.25) is 0 Å². The maximum Gasteiger partial charge on any atom is 0.338 e. The van der Waals surface area contributed by atoms with E-state index in [1.54, 1.807) is 12.1 Å². The fourth-order valence-electron chi connectivity index (χ4n) is 3.51. The molecule has 0 spiro atoms. The number of ether oxygens (including phenoxy) is 1. The number of benzene rings is 2. The van der Waals surface area contributed by atoms with E-state index in [1.165, 1.54) is 37.4 Å². The van der Waals surface area contributed by atoms with Gasteiger partial charge in [-0.15, -0.1) is 0 Å². The van der Waals surface area contributed by atoms with Crippen molar-refractivity contribution in [3.8, 4) is 0 Å². The number of hydrogen-bond acceptors (Lipinski definition) is 7. The van der Waals surface area contributed by atoms with Gasteiger partial charge in [0.2, 0.25) is 0 Å². The molecule has 2 N–H and O–H groups in total. The van der Waals surface area contributed by atoms with Crippen LogP contribution in [0.5, 0.6) is 0 Å². The maximum atomic E-state index is 12.9. The van der Waals surface area contributed by atoms with Crippen molar-refractivity contribution in [2.75, 3.05) is 12.4 Å². The number of ketones is 1. The lowest BCUT2D eigenvalue weighted by molar-refractivity contribution is -0.384. The molecular formula is C21H22N2O6. The number of esters is 1. The van der Waals surface area contributed by atoms with Gasteiger partial charge in [0.25, 0.3) is 5.69 Å². The smallest absolute Gasteiger partial charge is 0.338 e. The monoisotopic (exact) mass is 398 g/mol. The van der Waals surface area contributed by atoms with E-state index in [0.29, 0.717) is 31.4 Å². The molecule has 0 bridgehead atoms. The topological polar surface area (TPSA) is 119 Å². The van der Waals surface area contributed by atoms with Crippen LogP contribution in [0.15, 0.2) is 42.5 Å². The quantitative estimate of drug-likeness (QED) is 0.331. The van der Waals surface area contributed by atoms with E-state index in [4.69, 9.17) is 4.74 Å². The number of aliphatic hydroxyl groups excluding tert-OH is 1. The van der Waals surface area contributed by atoms with Gasteiger partial charge >= 0.3 is 5.97 Å². The molecule has 0 saturated heterocycles. The Hall–Kier alpha value is -3.26. The zero-order valence-electron chi connectivity index (χ0n) is 16.0. The number of nitro benzene ring substituents is 1. The summed E-state index contributed by atoms with van der Waals surface area (Å²) in [7, 11) is 1.22. The van der Waals surface area contributed by atoms with Crippen molar-refractivity contribution in [3.63, 3.8) is 0 Å². The summed E-state index contributed by atoms with van der Waals surface area (Å²) < 4.78 is 4.71. The first-order valence-corrected chi connectivity index (χ1v) is 9.35. The number of nitro groups is 1. The Labute approximate surface area is 167 Å². The summed E-state index contributed by atoms with van der Waals surface area (Å²) in [5, 5.41) is 24.4. The third-order valence-electron chi connectivity index (χ3n) is 5.09. The molecule has 8 heteroatoms. The highest BCUT2D eigenvalue weighted by atomic mass is 16.6. The van der Waals surface area contributed by atoms with Crippen LogP contribution >= 0.6 is 0 Å². The highest BCUT2D eigenvalue weighted by Crippen LogP contribution is 2.30. The first kappa shape index (κ1) is 20.5. The second kappa shape index (κ2) is 8.83. The highest BCUT2D eigenvalue weighted by Gasteiger charge is 2.25. The molecule has 1 aliphatic carbocycles. The minimum atomic E-state index is -0.652. The molecule has 152 valence electrons. The largest absolute Gasteiger partial charge is 0.465 e. The number of nitrogens with one attached hydrogen (secondary N) is 1. The van der Waals surface area contributed by atoms with Crippen LogP contribution in [0.1, 0.15) is 52.0 Å². The third kappa shape index (κ3) is 4.60. The van der Waals surface area contributed by atoms with Crippen molar-refractivity contribution >= 4 is 23.1 Å². The summed E-state index contributed by atoms with van der Waals surface area (Å²) in [4.78, 5) is 35.9. The standard InChI is InChI=1S/C21H22N2O6/c1-29-21(26)17-5-3-2-4-16(17)20(25)13-6-11-18(19(12-13)23(27)28)22-14-7-9-15(24)10-8-14/h2-6,11-12,14-15,22,24H,7-10H2,1H3. The molecule has 2 aromatic rings. The third-order valence-corrected chi connectivity index (χ3v) is 5.09. The van der Waals surface area contributed by atoms with Crippen molar-refractivity contribution in [2.45, 2.75) is 37.8 Å². The van der Waals surface area contributed by atoms with E-state index in [2.05, 4.69) is 5.32 Å². The molecule has 29 heavy (non-hydrogen) atoms. The van der Waals surface area contributed by atoms with Crippen molar-refractivity contribution in [2.24, 2.45) is 0 Å². The molecule has 0 radical (unpaired) electrons. The van der Waals surface area contributed by atoms with Gasteiger partial charge in [0.05, 0.1) is 23.7 Å². The van der Waals surface area contributed by atoms with Crippen LogP contribution < -0.4 is 5.32 Å². The first-order valence-electron chi connectivity index (χ1n) is 9.35. The van der Waals surface area contributed by atoms with Crippen LogP contribution in [-0.2, 0) is 4.74 Å². The molecular weight excluding hydrogens is 376 g/mol. The van der Waals surface area contributed by atoms with E-state index in [1.807, 2.05) is 0 Å². The minimum Gasteiger partial charge on any atom is -0.465 e. The second-order valence-corrected chi connectivity index (χ2v) is 7.01. The Balaban J connectivity index is 1.90. The zero-order chi connectivity index (χ0) is 21.0. The van der Waals surface area contributed by atoms with Gasteiger partial charge in [0, 0.05) is 23.2 Å². The molecule has 0 aromatic heterocycles. The van der Waals surface area contributed by atoms with E-state index < -0.39 is 16.7 Å². The second-order valence-electron chi connectivity index (χ2n) is 7.01. The number of carbonyl (C=O) groups excluding carboxylic acids is 2. The van der Waals surface area contributed by atoms with Gasteiger partial charge in [-0.2, -0.15) is 0 Å². The summed E-state index contributed by atoms with van der Waals surface area (Å²) in [5.74, 6) is -1.15. The molecule has 2 aromatic carbocycles. The van der Waals surface area contributed by atoms with E-state index in [-0.39, 0.29) is 34.5 Å². The van der Waals surface area contributed by atoms with E-state index in [0.717, 1.165) is 0 Å². The van der Waals surface area contributed by atoms with Gasteiger partial charge < -0.3 is 15.2 Å². The molecule has 0 heterocycles. The fourth-order valence-corrected chi connectivity index (χ4v) is 3.51. The minimum absolute atomic E-state index is 0.0266. The number of carbonyl (C=O) groups is 2. The predicted molar refractivity (Wildman–Crippen MR) is 106 cm³/mol. The molecule has 1 fully saturated rings. The van der Waals surface area contributed by atoms with Crippen molar-refractivity contribution in [1.29, 1.82) is 0 Å². The Kier molecular flexibility index (Phi) is 6.23. The molecule has 8 nitrogen and oxygen atoms in total. The first-order chi connectivity index (χ1) is 13.9. The molecule has 1 saturated carbocycles. The lowest BCUT2D eigenvalue weighted by Gasteiger charge is -2.26. The maximum absolute atomic E-state index is 12.9. The van der Waals surface area contributed by atoms with Crippen LogP contribution in [0.4, 0.5) is 11.4 Å². The summed E-state index contributed by atoms with van der Waals surface area (Å²) in [6.07, 6.45) is 2.40. The Morgan fingerprint density at radius 1 is 1.10 bits per heavy atom. The van der Waals surface area contributed by atoms with E-state index >= 15 is 0 Å². The molecule has 0 aliphatic heterocycles. The van der Waals surface area contributed by atoms with Gasteiger partial charge in [0.1, 0.15) is 5.69 Å². The van der Waals surface area contributed by atoms with Crippen LogP contribution in [0, 0.1) is 10.1 Å². The van der Waals surface area contributed by atoms with E-state index in [9.17, 15) is 24.8 Å². The molecule has 0 amide bonds. The Morgan fingerprint density at radius 2 is 1.76 bits per heavy atom. The van der Waals surface area contributed by atoms with Gasteiger partial charge in [-0.1, -0.05) is 18.2 Å². The highest BCUT2D eigenvalue weighted by molar-refractivity contribution is 6.14. The molecule has 0 atom stereocenters. The number of hydrogen-bond donors (Lipinski definition) is 2. The lowest BCUT2D eigenvalue weighted by Crippen LogP contribution is -2.28. The fraction of sp³-hybridized carbons (Fsp3) is 0.333. The number of nitrogens with zero attached hydrogens (tertiary/aromatic N) is 1. The lowest BCUT2D eigenvalue weighted by atomic mass is 9.92. The van der Waals surface area contributed by atoms with Gasteiger partial charge in [-0.25, -0.2) is 4.79 Å². The average molecular weight is 398 g/mol.